The number of carboxylic acids is 2. The molecule has 0 spiro atoms. The fraction of sp³-hybridized carbons (Fsp3) is 0.905. The van der Waals surface area contributed by atoms with E-state index >= 15 is 0 Å². The van der Waals surface area contributed by atoms with Gasteiger partial charge in [0, 0.05) is 0 Å². The van der Waals surface area contributed by atoms with Gasteiger partial charge in [-0.1, -0.05) is 85.0 Å². The average molecular weight is 437 g/mol. The summed E-state index contributed by atoms with van der Waals surface area (Å²) in [5.74, 6) is -3.21. The van der Waals surface area contributed by atoms with Crippen molar-refractivity contribution in [3.63, 3.8) is 0 Å². The third-order valence-electron chi connectivity index (χ3n) is 5.59. The maximum absolute atomic E-state index is 12.1. The van der Waals surface area contributed by atoms with E-state index in [1.807, 2.05) is 13.8 Å². The summed E-state index contributed by atoms with van der Waals surface area (Å²) < 4.78 is 33.0. The summed E-state index contributed by atoms with van der Waals surface area (Å²) in [7, 11) is -5.06. The predicted molar refractivity (Wildman–Crippen MR) is 114 cm³/mol. The van der Waals surface area contributed by atoms with Crippen molar-refractivity contribution in [1.29, 1.82) is 0 Å². The minimum Gasteiger partial charge on any atom is -0.481 e. The number of rotatable bonds is 18. The van der Waals surface area contributed by atoms with Crippen molar-refractivity contribution in [3.05, 3.63) is 0 Å². The minimum absolute atomic E-state index is 0.0808. The van der Waals surface area contributed by atoms with Gasteiger partial charge in [0.15, 0.2) is 5.25 Å². The number of carboxylic acid groups (broad SMARTS) is 2. The number of carbonyl (C=O) groups is 2. The van der Waals surface area contributed by atoms with Crippen LogP contribution in [0.4, 0.5) is 0 Å². The summed E-state index contributed by atoms with van der Waals surface area (Å²) >= 11 is 0. The fourth-order valence-corrected chi connectivity index (χ4v) is 5.00. The van der Waals surface area contributed by atoms with Gasteiger partial charge in [-0.2, -0.15) is 8.42 Å². The summed E-state index contributed by atoms with van der Waals surface area (Å²) in [5, 5.41) is 16.9. The van der Waals surface area contributed by atoms with E-state index in [9.17, 15) is 32.8 Å². The Hall–Kier alpha value is -1.15. The van der Waals surface area contributed by atoms with Crippen LogP contribution in [0.3, 0.4) is 0 Å². The first-order valence-electron chi connectivity index (χ1n) is 10.9. The van der Waals surface area contributed by atoms with Crippen molar-refractivity contribution < 1.29 is 32.8 Å². The van der Waals surface area contributed by atoms with Gasteiger partial charge in [0.2, 0.25) is 0 Å². The van der Waals surface area contributed by atoms with Gasteiger partial charge < -0.3 is 10.2 Å². The molecule has 0 fully saturated rings. The molecule has 0 rings (SSSR count). The molecule has 7 nitrogen and oxygen atoms in total. The molecular weight excluding hydrogens is 396 g/mol. The van der Waals surface area contributed by atoms with Crippen LogP contribution in [-0.2, 0) is 19.7 Å². The maximum atomic E-state index is 12.1. The third-order valence-corrected chi connectivity index (χ3v) is 6.84. The van der Waals surface area contributed by atoms with Crippen LogP contribution < -0.4 is 0 Å². The second-order valence-electron chi connectivity index (χ2n) is 8.56. The van der Waals surface area contributed by atoms with Gasteiger partial charge in [0.1, 0.15) is 0 Å². The summed E-state index contributed by atoms with van der Waals surface area (Å²) in [5.41, 5.74) is -2.02. The van der Waals surface area contributed by atoms with E-state index < -0.39 is 32.7 Å². The molecule has 0 heterocycles. The highest BCUT2D eigenvalue weighted by Gasteiger charge is 2.55. The first-order chi connectivity index (χ1) is 13.5. The monoisotopic (exact) mass is 436 g/mol. The van der Waals surface area contributed by atoms with Crippen molar-refractivity contribution in [2.24, 2.45) is 11.3 Å². The number of aliphatic carboxylic acids is 2. The molecule has 0 amide bonds. The first-order valence-corrected chi connectivity index (χ1v) is 12.4. The van der Waals surface area contributed by atoms with Crippen molar-refractivity contribution >= 4 is 22.1 Å². The van der Waals surface area contributed by atoms with Crippen molar-refractivity contribution in [3.8, 4) is 0 Å². The van der Waals surface area contributed by atoms with Crippen molar-refractivity contribution in [2.75, 3.05) is 0 Å². The molecule has 2 unspecified atom stereocenters. The van der Waals surface area contributed by atoms with Gasteiger partial charge in [-0.25, -0.2) is 0 Å². The standard InChI is InChI=1S/C21H40O7S/c1-4-5-6-7-8-9-10-11-12-13-15-21(20(24)25,16-14-17(2)3)18(19(22)23)29(26,27)28/h17-18H,4-16H2,1-3H3,(H,22,23)(H,24,25)(H,26,27,28). The van der Waals surface area contributed by atoms with Gasteiger partial charge in [-0.15, -0.1) is 0 Å². The largest absolute Gasteiger partial charge is 0.481 e. The summed E-state index contributed by atoms with van der Waals surface area (Å²) in [6.07, 6.45) is 10.5. The topological polar surface area (TPSA) is 129 Å². The Morgan fingerprint density at radius 2 is 1.28 bits per heavy atom. The normalized spacial score (nSPS) is 15.2. The van der Waals surface area contributed by atoms with Gasteiger partial charge >= 0.3 is 11.9 Å². The molecule has 3 N–H and O–H groups in total. The van der Waals surface area contributed by atoms with Crippen LogP contribution in [0.1, 0.15) is 104 Å². The lowest BCUT2D eigenvalue weighted by molar-refractivity contribution is -0.156. The zero-order chi connectivity index (χ0) is 22.5. The van der Waals surface area contributed by atoms with E-state index in [1.165, 1.54) is 32.1 Å². The lowest BCUT2D eigenvalue weighted by Crippen LogP contribution is -2.51. The number of hydrogen-bond donors (Lipinski definition) is 3. The Morgan fingerprint density at radius 1 is 0.828 bits per heavy atom. The molecule has 0 radical (unpaired) electrons. The highest BCUT2D eigenvalue weighted by atomic mass is 32.2. The lowest BCUT2D eigenvalue weighted by atomic mass is 9.74. The lowest BCUT2D eigenvalue weighted by Gasteiger charge is -2.33. The third kappa shape index (κ3) is 10.4. The predicted octanol–water partition coefficient (Wildman–Crippen LogP) is 5.15. The molecule has 0 saturated heterocycles. The highest BCUT2D eigenvalue weighted by molar-refractivity contribution is 7.87. The molecule has 0 aliphatic carbocycles. The quantitative estimate of drug-likeness (QED) is 0.200. The number of hydrogen-bond acceptors (Lipinski definition) is 4. The zero-order valence-corrected chi connectivity index (χ0v) is 19.0. The van der Waals surface area contributed by atoms with Crippen LogP contribution in [0.2, 0.25) is 0 Å². The molecule has 0 aromatic heterocycles. The van der Waals surface area contributed by atoms with E-state index in [-0.39, 0.29) is 18.8 Å². The van der Waals surface area contributed by atoms with E-state index in [1.54, 1.807) is 0 Å². The van der Waals surface area contributed by atoms with E-state index in [0.717, 1.165) is 19.3 Å². The van der Waals surface area contributed by atoms with Crippen molar-refractivity contribution in [2.45, 2.75) is 109 Å². The summed E-state index contributed by atoms with van der Waals surface area (Å²) in [6, 6.07) is 0. The van der Waals surface area contributed by atoms with Crippen LogP contribution in [0.5, 0.6) is 0 Å². The second-order valence-corrected chi connectivity index (χ2v) is 10.1. The molecule has 29 heavy (non-hydrogen) atoms. The summed E-state index contributed by atoms with van der Waals surface area (Å²) in [6.45, 7) is 5.89. The molecule has 2 atom stereocenters. The molecule has 0 aromatic rings. The average Bonchev–Trinajstić information content (AvgIpc) is 2.59. The SMILES string of the molecule is CCCCCCCCCCCCC(CCC(C)C)(C(=O)O)C(C(=O)O)S(=O)(=O)O. The van der Waals surface area contributed by atoms with Crippen molar-refractivity contribution in [1.82, 2.24) is 0 Å². The van der Waals surface area contributed by atoms with E-state index in [4.69, 9.17) is 0 Å². The van der Waals surface area contributed by atoms with Gasteiger partial charge in [0.05, 0.1) is 5.41 Å². The maximum Gasteiger partial charge on any atom is 0.325 e. The molecule has 0 aromatic carbocycles. The zero-order valence-electron chi connectivity index (χ0n) is 18.2. The molecule has 0 bridgehead atoms. The Labute approximate surface area is 176 Å². The Bertz CT molecular complexity index is 586. The Morgan fingerprint density at radius 3 is 1.62 bits per heavy atom. The fourth-order valence-electron chi connectivity index (χ4n) is 3.84. The first kappa shape index (κ1) is 27.8. The van der Waals surface area contributed by atoms with E-state index in [2.05, 4.69) is 6.92 Å². The molecular formula is C21H40O7S. The van der Waals surface area contributed by atoms with Gasteiger partial charge in [0.25, 0.3) is 10.1 Å². The van der Waals surface area contributed by atoms with Crippen LogP contribution >= 0.6 is 0 Å². The summed E-state index contributed by atoms with van der Waals surface area (Å²) in [4.78, 5) is 23.7. The smallest absolute Gasteiger partial charge is 0.325 e. The Balaban J connectivity index is 4.96. The van der Waals surface area contributed by atoms with Gasteiger partial charge in [-0.3, -0.25) is 14.1 Å². The second kappa shape index (κ2) is 14.0. The van der Waals surface area contributed by atoms with E-state index in [0.29, 0.717) is 19.3 Å². The molecule has 0 aliphatic rings. The van der Waals surface area contributed by atoms with Crippen LogP contribution in [-0.4, -0.2) is 40.4 Å². The molecule has 8 heteroatoms. The van der Waals surface area contributed by atoms with Crippen LogP contribution in [0, 0.1) is 11.3 Å². The molecule has 0 saturated carbocycles. The van der Waals surface area contributed by atoms with Gasteiger partial charge in [-0.05, 0) is 25.2 Å². The highest BCUT2D eigenvalue weighted by Crippen LogP contribution is 2.40. The molecule has 0 aliphatic heterocycles. The Kier molecular flexibility index (Phi) is 13.4. The molecule has 172 valence electrons. The minimum atomic E-state index is -5.06. The van der Waals surface area contributed by atoms with Crippen LogP contribution in [0.25, 0.3) is 0 Å². The van der Waals surface area contributed by atoms with Crippen LogP contribution in [0.15, 0.2) is 0 Å². The number of unbranched alkanes of at least 4 members (excludes halogenated alkanes) is 9.